The molecule has 3 aromatic rings. The fourth-order valence-electron chi connectivity index (χ4n) is 2.84. The molecule has 0 spiro atoms. The zero-order valence-corrected chi connectivity index (χ0v) is 14.2. The highest BCUT2D eigenvalue weighted by Crippen LogP contribution is 2.24. The molecule has 0 saturated heterocycles. The number of nitrogens with one attached hydrogen (secondary N) is 1. The molecule has 0 aliphatic heterocycles. The number of ether oxygens (including phenoxy) is 1. The van der Waals surface area contributed by atoms with Gasteiger partial charge in [0.05, 0.1) is 6.04 Å². The molecule has 0 bridgehead atoms. The van der Waals surface area contributed by atoms with Crippen LogP contribution in [0, 0.1) is 0 Å². The Bertz CT molecular complexity index is 879. The molecule has 3 rings (SSSR count). The maximum atomic E-state index is 12.5. The predicted octanol–water partition coefficient (Wildman–Crippen LogP) is 4.90. The lowest BCUT2D eigenvalue weighted by molar-refractivity contribution is 0.0940. The molecule has 3 aromatic carbocycles. The third-order valence-corrected chi connectivity index (χ3v) is 4.12. The van der Waals surface area contributed by atoms with Crippen molar-refractivity contribution in [3.8, 4) is 5.75 Å². The van der Waals surface area contributed by atoms with Crippen LogP contribution in [0.3, 0.4) is 0 Å². The third-order valence-electron chi connectivity index (χ3n) is 4.12. The Morgan fingerprint density at radius 2 is 1.80 bits per heavy atom. The second kappa shape index (κ2) is 7.67. The number of carbonyl (C=O) groups is 1. The Balaban J connectivity index is 1.74. The first-order chi connectivity index (χ1) is 12.2. The van der Waals surface area contributed by atoms with Crippen molar-refractivity contribution in [2.24, 2.45) is 0 Å². The van der Waals surface area contributed by atoms with Crippen molar-refractivity contribution in [2.45, 2.75) is 13.0 Å². The van der Waals surface area contributed by atoms with Crippen LogP contribution < -0.4 is 10.1 Å². The zero-order chi connectivity index (χ0) is 17.6. The van der Waals surface area contributed by atoms with Crippen LogP contribution in [0.1, 0.15) is 28.9 Å². The molecular weight excluding hydrogens is 310 g/mol. The second-order valence-corrected chi connectivity index (χ2v) is 5.89. The number of benzene rings is 3. The van der Waals surface area contributed by atoms with Crippen LogP contribution in [-0.2, 0) is 0 Å². The summed E-state index contributed by atoms with van der Waals surface area (Å²) >= 11 is 0. The van der Waals surface area contributed by atoms with E-state index in [9.17, 15) is 4.79 Å². The number of amides is 1. The predicted molar refractivity (Wildman–Crippen MR) is 102 cm³/mol. The SMILES string of the molecule is C=CCOc1ccc(C(=O)N[C@@H](C)c2cccc3ccccc23)cc1. The summed E-state index contributed by atoms with van der Waals surface area (Å²) < 4.78 is 5.44. The van der Waals surface area contributed by atoms with Crippen LogP contribution in [0.5, 0.6) is 5.75 Å². The monoisotopic (exact) mass is 331 g/mol. The molecule has 0 radical (unpaired) electrons. The fraction of sp³-hybridized carbons (Fsp3) is 0.136. The highest BCUT2D eigenvalue weighted by atomic mass is 16.5. The van der Waals surface area contributed by atoms with E-state index < -0.39 is 0 Å². The second-order valence-electron chi connectivity index (χ2n) is 5.89. The molecule has 0 aliphatic rings. The van der Waals surface area contributed by atoms with Crippen molar-refractivity contribution < 1.29 is 9.53 Å². The highest BCUT2D eigenvalue weighted by Gasteiger charge is 2.13. The maximum absolute atomic E-state index is 12.5. The minimum atomic E-state index is -0.101. The molecule has 3 nitrogen and oxygen atoms in total. The van der Waals surface area contributed by atoms with Crippen molar-refractivity contribution in [2.75, 3.05) is 6.61 Å². The summed E-state index contributed by atoms with van der Waals surface area (Å²) in [7, 11) is 0. The molecule has 0 saturated carbocycles. The van der Waals surface area contributed by atoms with Gasteiger partial charge in [0, 0.05) is 5.56 Å². The topological polar surface area (TPSA) is 38.3 Å². The lowest BCUT2D eigenvalue weighted by Crippen LogP contribution is -2.26. The zero-order valence-electron chi connectivity index (χ0n) is 14.2. The van der Waals surface area contributed by atoms with Crippen molar-refractivity contribution in [1.29, 1.82) is 0 Å². The molecular formula is C22H21NO2. The van der Waals surface area contributed by atoms with E-state index in [1.54, 1.807) is 30.3 Å². The first-order valence-electron chi connectivity index (χ1n) is 8.31. The molecule has 0 unspecified atom stereocenters. The molecule has 0 fully saturated rings. The van der Waals surface area contributed by atoms with Gasteiger partial charge in [0.2, 0.25) is 0 Å². The Morgan fingerprint density at radius 3 is 2.56 bits per heavy atom. The molecule has 126 valence electrons. The largest absolute Gasteiger partial charge is 0.490 e. The van der Waals surface area contributed by atoms with E-state index in [1.165, 1.54) is 5.39 Å². The van der Waals surface area contributed by atoms with Crippen LogP contribution in [0.2, 0.25) is 0 Å². The molecule has 1 atom stereocenters. The minimum absolute atomic E-state index is 0.0877. The standard InChI is InChI=1S/C22H21NO2/c1-3-15-25-19-13-11-18(12-14-19)22(24)23-16(2)20-10-6-8-17-7-4-5-9-21(17)20/h3-14,16H,1,15H2,2H3,(H,23,24)/t16-/m0/s1. The van der Waals surface area contributed by atoms with Gasteiger partial charge < -0.3 is 10.1 Å². The van der Waals surface area contributed by atoms with E-state index in [1.807, 2.05) is 25.1 Å². The average Bonchev–Trinajstić information content (AvgIpc) is 2.66. The summed E-state index contributed by atoms with van der Waals surface area (Å²) in [5.41, 5.74) is 1.72. The van der Waals surface area contributed by atoms with Gasteiger partial charge in [-0.2, -0.15) is 0 Å². The number of hydrogen-bond acceptors (Lipinski definition) is 2. The van der Waals surface area contributed by atoms with Gasteiger partial charge in [0.15, 0.2) is 0 Å². The Hall–Kier alpha value is -3.07. The van der Waals surface area contributed by atoms with E-state index in [4.69, 9.17) is 4.74 Å². The van der Waals surface area contributed by atoms with Crippen LogP contribution in [0.4, 0.5) is 0 Å². The summed E-state index contributed by atoms with van der Waals surface area (Å²) in [6.45, 7) is 6.06. The molecule has 0 heterocycles. The van der Waals surface area contributed by atoms with Crippen LogP contribution in [-0.4, -0.2) is 12.5 Å². The minimum Gasteiger partial charge on any atom is -0.490 e. The first kappa shape index (κ1) is 16.8. The van der Waals surface area contributed by atoms with Gasteiger partial charge in [-0.05, 0) is 47.5 Å². The first-order valence-corrected chi connectivity index (χ1v) is 8.31. The Labute approximate surface area is 147 Å². The van der Waals surface area contributed by atoms with E-state index in [0.717, 1.165) is 16.7 Å². The maximum Gasteiger partial charge on any atom is 0.251 e. The van der Waals surface area contributed by atoms with Gasteiger partial charge in [-0.3, -0.25) is 4.79 Å². The van der Waals surface area contributed by atoms with Gasteiger partial charge in [-0.15, -0.1) is 0 Å². The van der Waals surface area contributed by atoms with E-state index in [2.05, 4.69) is 36.2 Å². The lowest BCUT2D eigenvalue weighted by Gasteiger charge is -2.17. The smallest absolute Gasteiger partial charge is 0.251 e. The number of hydrogen-bond donors (Lipinski definition) is 1. The van der Waals surface area contributed by atoms with Crippen LogP contribution in [0.15, 0.2) is 79.4 Å². The Kier molecular flexibility index (Phi) is 5.14. The number of fused-ring (bicyclic) bond motifs is 1. The van der Waals surface area contributed by atoms with Gasteiger partial charge in [-0.25, -0.2) is 0 Å². The van der Waals surface area contributed by atoms with Crippen molar-refractivity contribution in [3.63, 3.8) is 0 Å². The lowest BCUT2D eigenvalue weighted by atomic mass is 9.99. The molecule has 25 heavy (non-hydrogen) atoms. The van der Waals surface area contributed by atoms with Gasteiger partial charge in [0.25, 0.3) is 5.91 Å². The quantitative estimate of drug-likeness (QED) is 0.653. The normalized spacial score (nSPS) is 11.7. The van der Waals surface area contributed by atoms with E-state index in [0.29, 0.717) is 12.2 Å². The Morgan fingerprint density at radius 1 is 1.08 bits per heavy atom. The summed E-state index contributed by atoms with van der Waals surface area (Å²) in [6, 6.07) is 21.4. The van der Waals surface area contributed by atoms with Crippen LogP contribution >= 0.6 is 0 Å². The van der Waals surface area contributed by atoms with Crippen molar-refractivity contribution in [1.82, 2.24) is 5.32 Å². The number of carbonyl (C=O) groups excluding carboxylic acids is 1. The highest BCUT2D eigenvalue weighted by molar-refractivity contribution is 5.95. The van der Waals surface area contributed by atoms with Crippen LogP contribution in [0.25, 0.3) is 10.8 Å². The van der Waals surface area contributed by atoms with Gasteiger partial charge in [0.1, 0.15) is 12.4 Å². The fourth-order valence-corrected chi connectivity index (χ4v) is 2.84. The van der Waals surface area contributed by atoms with E-state index in [-0.39, 0.29) is 11.9 Å². The molecule has 1 N–H and O–H groups in total. The van der Waals surface area contributed by atoms with Crippen molar-refractivity contribution in [3.05, 3.63) is 90.5 Å². The summed E-state index contributed by atoms with van der Waals surface area (Å²) in [4.78, 5) is 12.5. The molecule has 0 aliphatic carbocycles. The summed E-state index contributed by atoms with van der Waals surface area (Å²) in [5.74, 6) is 0.620. The van der Waals surface area contributed by atoms with Gasteiger partial charge >= 0.3 is 0 Å². The van der Waals surface area contributed by atoms with Crippen molar-refractivity contribution >= 4 is 16.7 Å². The summed E-state index contributed by atoms with van der Waals surface area (Å²) in [5, 5.41) is 5.40. The summed E-state index contributed by atoms with van der Waals surface area (Å²) in [6.07, 6.45) is 1.69. The van der Waals surface area contributed by atoms with Gasteiger partial charge in [-0.1, -0.05) is 55.1 Å². The third kappa shape index (κ3) is 3.89. The average molecular weight is 331 g/mol. The molecule has 0 aromatic heterocycles. The molecule has 3 heteroatoms. The number of rotatable bonds is 6. The van der Waals surface area contributed by atoms with E-state index >= 15 is 0 Å². The molecule has 1 amide bonds.